The van der Waals surface area contributed by atoms with E-state index in [0.717, 1.165) is 0 Å². The number of rotatable bonds is 1. The van der Waals surface area contributed by atoms with E-state index in [1.54, 1.807) is 0 Å². The van der Waals surface area contributed by atoms with Crippen molar-refractivity contribution in [3.05, 3.63) is 15.7 Å². The van der Waals surface area contributed by atoms with Crippen molar-refractivity contribution >= 4 is 21.7 Å². The summed E-state index contributed by atoms with van der Waals surface area (Å²) in [4.78, 5) is 2.65. The highest BCUT2D eigenvalue weighted by atomic mass is 79.9. The summed E-state index contributed by atoms with van der Waals surface area (Å²) in [6.45, 7) is 0. The van der Waals surface area contributed by atoms with E-state index in [1.165, 1.54) is 0 Å². The van der Waals surface area contributed by atoms with Crippen LogP contribution in [0.1, 0.15) is 11.1 Å². The zero-order chi connectivity index (χ0) is 9.84. The number of aromatic amines is 1. The van der Waals surface area contributed by atoms with E-state index < -0.39 is 0 Å². The maximum absolute atomic E-state index is 8.69. The van der Waals surface area contributed by atoms with Gasteiger partial charge in [-0.15, -0.1) is 5.11 Å². The molecule has 1 aromatic heterocycles. The third-order valence-corrected chi connectivity index (χ3v) is 1.91. The first kappa shape index (κ1) is 9.23. The van der Waals surface area contributed by atoms with Gasteiger partial charge in [0.15, 0.2) is 5.82 Å². The van der Waals surface area contributed by atoms with Crippen LogP contribution in [-0.4, -0.2) is 4.98 Å². The van der Waals surface area contributed by atoms with Gasteiger partial charge in [0.1, 0.15) is 27.9 Å². The summed E-state index contributed by atoms with van der Waals surface area (Å²) in [7, 11) is 0. The summed E-state index contributed by atoms with van der Waals surface area (Å²) in [5, 5.41) is 23.8. The maximum atomic E-state index is 8.69. The molecule has 0 aliphatic carbocycles. The van der Waals surface area contributed by atoms with Gasteiger partial charge in [-0.25, -0.2) is 0 Å². The average molecular weight is 239 g/mol. The Hall–Kier alpha value is -1.86. The molecular weight excluding hydrogens is 236 g/mol. The van der Waals surface area contributed by atoms with Crippen LogP contribution in [-0.2, 0) is 0 Å². The van der Waals surface area contributed by atoms with Gasteiger partial charge < -0.3 is 10.8 Å². The van der Waals surface area contributed by atoms with Crippen molar-refractivity contribution in [2.24, 2.45) is 16.2 Å². The third-order valence-electron chi connectivity index (χ3n) is 1.32. The van der Waals surface area contributed by atoms with Gasteiger partial charge >= 0.3 is 0 Å². The molecule has 0 radical (unpaired) electrons. The average Bonchev–Trinajstić information content (AvgIpc) is 2.41. The summed E-state index contributed by atoms with van der Waals surface area (Å²) in [6, 6.07) is 3.68. The number of halogens is 1. The molecule has 0 aliphatic heterocycles. The van der Waals surface area contributed by atoms with Gasteiger partial charge in [0.05, 0.1) is 0 Å². The lowest BCUT2D eigenvalue weighted by atomic mass is 10.2. The van der Waals surface area contributed by atoms with Crippen molar-refractivity contribution in [2.45, 2.75) is 0 Å². The Morgan fingerprint density at radius 1 is 1.31 bits per heavy atom. The van der Waals surface area contributed by atoms with Crippen LogP contribution in [0.25, 0.3) is 0 Å². The first-order valence-electron chi connectivity index (χ1n) is 3.07. The van der Waals surface area contributed by atoms with E-state index >= 15 is 0 Å². The van der Waals surface area contributed by atoms with Crippen molar-refractivity contribution in [3.8, 4) is 12.1 Å². The number of hydrogen-bond donors (Lipinski definition) is 2. The lowest BCUT2D eigenvalue weighted by molar-refractivity contribution is 1.04. The van der Waals surface area contributed by atoms with Crippen molar-refractivity contribution in [1.82, 2.24) is 4.98 Å². The van der Waals surface area contributed by atoms with E-state index in [1.807, 2.05) is 12.1 Å². The first-order chi connectivity index (χ1) is 6.24. The van der Waals surface area contributed by atoms with E-state index in [-0.39, 0.29) is 16.9 Å². The highest BCUT2D eigenvalue weighted by molar-refractivity contribution is 9.10. The van der Waals surface area contributed by atoms with Crippen LogP contribution in [0.3, 0.4) is 0 Å². The minimum absolute atomic E-state index is 0.128. The second kappa shape index (κ2) is 3.70. The van der Waals surface area contributed by atoms with Gasteiger partial charge in [-0.1, -0.05) is 5.22 Å². The van der Waals surface area contributed by atoms with Gasteiger partial charge in [-0.05, 0) is 15.9 Å². The number of nitrogens with one attached hydrogen (secondary N) is 1. The fourth-order valence-corrected chi connectivity index (χ4v) is 1.28. The number of nitriles is 2. The highest BCUT2D eigenvalue weighted by Gasteiger charge is 2.15. The Morgan fingerprint density at radius 3 is 2.38 bits per heavy atom. The fourth-order valence-electron chi connectivity index (χ4n) is 0.804. The lowest BCUT2D eigenvalue weighted by Crippen LogP contribution is -1.77. The van der Waals surface area contributed by atoms with Crippen molar-refractivity contribution in [2.75, 3.05) is 0 Å². The second-order valence-corrected chi connectivity index (χ2v) is 2.77. The summed E-state index contributed by atoms with van der Waals surface area (Å²) in [6.07, 6.45) is 0. The molecule has 0 saturated carbocycles. The molecule has 1 heterocycles. The van der Waals surface area contributed by atoms with Crippen LogP contribution >= 0.6 is 15.9 Å². The SMILES string of the molecule is N#Cc1c(Br)[nH]c(N=NN)c1C#N. The van der Waals surface area contributed by atoms with Crippen molar-refractivity contribution < 1.29 is 0 Å². The molecular formula is C6H3BrN6. The van der Waals surface area contributed by atoms with Crippen LogP contribution in [0, 0.1) is 22.7 Å². The van der Waals surface area contributed by atoms with Crippen LogP contribution in [0.2, 0.25) is 0 Å². The van der Waals surface area contributed by atoms with Crippen LogP contribution < -0.4 is 5.84 Å². The number of hydrogen-bond acceptors (Lipinski definition) is 4. The van der Waals surface area contributed by atoms with E-state index in [4.69, 9.17) is 16.4 Å². The summed E-state index contributed by atoms with van der Waals surface area (Å²) >= 11 is 3.07. The predicted octanol–water partition coefficient (Wildman–Crippen LogP) is 1.48. The molecule has 0 spiro atoms. The molecule has 6 nitrogen and oxygen atoms in total. The molecule has 0 aliphatic rings. The molecule has 0 unspecified atom stereocenters. The Bertz CT molecular complexity index is 431. The third kappa shape index (κ3) is 1.50. The molecule has 7 heteroatoms. The predicted molar refractivity (Wildman–Crippen MR) is 46.6 cm³/mol. The van der Waals surface area contributed by atoms with Crippen LogP contribution in [0.15, 0.2) is 14.9 Å². The molecule has 1 aromatic rings. The first-order valence-corrected chi connectivity index (χ1v) is 3.86. The molecule has 0 bridgehead atoms. The Balaban J connectivity index is 3.43. The topological polar surface area (TPSA) is 114 Å². The molecule has 13 heavy (non-hydrogen) atoms. The molecule has 0 fully saturated rings. The van der Waals surface area contributed by atoms with Crippen molar-refractivity contribution in [1.29, 1.82) is 10.5 Å². The number of H-pyrrole nitrogens is 1. The van der Waals surface area contributed by atoms with Gasteiger partial charge in [0.25, 0.3) is 0 Å². The van der Waals surface area contributed by atoms with Gasteiger partial charge in [-0.3, -0.25) is 0 Å². The summed E-state index contributed by atoms with van der Waals surface area (Å²) < 4.78 is 0.397. The molecule has 0 amide bonds. The molecule has 1 rings (SSSR count). The van der Waals surface area contributed by atoms with Crippen molar-refractivity contribution in [3.63, 3.8) is 0 Å². The normalized spacial score (nSPS) is 9.77. The van der Waals surface area contributed by atoms with Gasteiger partial charge in [-0.2, -0.15) is 10.5 Å². The number of nitrogens with two attached hydrogens (primary N) is 1. The quantitative estimate of drug-likeness (QED) is 0.439. The van der Waals surface area contributed by atoms with Crippen LogP contribution in [0.4, 0.5) is 5.82 Å². The van der Waals surface area contributed by atoms with E-state index in [2.05, 4.69) is 31.3 Å². The Morgan fingerprint density at radius 2 is 1.92 bits per heavy atom. The number of aromatic nitrogens is 1. The zero-order valence-electron chi connectivity index (χ0n) is 6.24. The van der Waals surface area contributed by atoms with Crippen LogP contribution in [0.5, 0.6) is 0 Å². The van der Waals surface area contributed by atoms with E-state index in [9.17, 15) is 0 Å². The Kier molecular flexibility index (Phi) is 2.62. The standard InChI is InChI=1S/C6H3BrN6/c7-5-3(1-8)4(2-9)6(11-5)12-13-10/h11H,(H2,10,12). The summed E-state index contributed by atoms with van der Waals surface area (Å²) in [5.41, 5.74) is 0.327. The molecule has 0 saturated heterocycles. The maximum Gasteiger partial charge on any atom is 0.174 e. The fraction of sp³-hybridized carbons (Fsp3) is 0. The van der Waals surface area contributed by atoms with E-state index in [0.29, 0.717) is 4.60 Å². The smallest absolute Gasteiger partial charge is 0.174 e. The minimum Gasteiger partial charge on any atom is -0.331 e. The second-order valence-electron chi connectivity index (χ2n) is 1.98. The highest BCUT2D eigenvalue weighted by Crippen LogP contribution is 2.27. The zero-order valence-corrected chi connectivity index (χ0v) is 7.83. The Labute approximate surface area is 81.8 Å². The molecule has 0 aromatic carbocycles. The van der Waals surface area contributed by atoms with Gasteiger partial charge in [0.2, 0.25) is 0 Å². The summed E-state index contributed by atoms with van der Waals surface area (Å²) in [5.74, 6) is 4.99. The molecule has 3 N–H and O–H groups in total. The monoisotopic (exact) mass is 238 g/mol. The lowest BCUT2D eigenvalue weighted by Gasteiger charge is -1.83. The molecule has 64 valence electrons. The van der Waals surface area contributed by atoms with Gasteiger partial charge in [0, 0.05) is 0 Å². The largest absolute Gasteiger partial charge is 0.331 e. The minimum atomic E-state index is 0.128. The molecule has 0 atom stereocenters. The number of nitrogens with zero attached hydrogens (tertiary/aromatic N) is 4.